The van der Waals surface area contributed by atoms with E-state index in [1.165, 1.54) is 17.1 Å². The molecule has 0 aliphatic heterocycles. The third-order valence-electron chi connectivity index (χ3n) is 5.92. The first-order valence-corrected chi connectivity index (χ1v) is 14.0. The number of aryl methyl sites for hydroxylation is 2. The van der Waals surface area contributed by atoms with Crippen LogP contribution in [0.25, 0.3) is 22.0 Å². The van der Waals surface area contributed by atoms with E-state index in [2.05, 4.69) is 20.0 Å². The number of sulfonamides is 1. The molecule has 4 rings (SSSR count). The molecule has 2 N–H and O–H groups in total. The summed E-state index contributed by atoms with van der Waals surface area (Å²) in [6.45, 7) is 5.06. The first-order chi connectivity index (χ1) is 18.9. The number of halogens is 2. The lowest BCUT2D eigenvalue weighted by Gasteiger charge is -2.13. The average Bonchev–Trinajstić information content (AvgIpc) is 2.88. The molecule has 0 fully saturated rings. The summed E-state index contributed by atoms with van der Waals surface area (Å²) in [7, 11) is -4.16. The Balaban J connectivity index is 1.63. The van der Waals surface area contributed by atoms with Crippen LogP contribution in [-0.4, -0.2) is 40.7 Å². The van der Waals surface area contributed by atoms with E-state index in [0.717, 1.165) is 18.2 Å². The van der Waals surface area contributed by atoms with Crippen molar-refractivity contribution in [2.45, 2.75) is 44.7 Å². The van der Waals surface area contributed by atoms with E-state index in [1.807, 2.05) is 0 Å². The molecule has 0 radical (unpaired) electrons. The fourth-order valence-corrected chi connectivity index (χ4v) is 5.50. The van der Waals surface area contributed by atoms with E-state index in [4.69, 9.17) is 11.6 Å². The van der Waals surface area contributed by atoms with Crippen LogP contribution < -0.4 is 15.6 Å². The lowest BCUT2D eigenvalue weighted by Crippen LogP contribution is -2.36. The second-order valence-electron chi connectivity index (χ2n) is 9.31. The van der Waals surface area contributed by atoms with E-state index < -0.39 is 33.1 Å². The van der Waals surface area contributed by atoms with E-state index >= 15 is 0 Å². The van der Waals surface area contributed by atoms with Gasteiger partial charge in [0.1, 0.15) is 10.7 Å². The minimum atomic E-state index is -4.16. The van der Waals surface area contributed by atoms with Gasteiger partial charge in [0.2, 0.25) is 5.78 Å². The number of carbonyl (C=O) groups excluding carboxylic acids is 2. The molecule has 0 aliphatic carbocycles. The maximum Gasteiger partial charge on any atom is 0.287 e. The minimum Gasteiger partial charge on any atom is -0.347 e. The van der Waals surface area contributed by atoms with Crippen LogP contribution in [0, 0.1) is 12.7 Å². The van der Waals surface area contributed by atoms with Crippen LogP contribution in [0.15, 0.2) is 64.7 Å². The van der Waals surface area contributed by atoms with Gasteiger partial charge in [-0.3, -0.25) is 28.7 Å². The Morgan fingerprint density at radius 2 is 1.82 bits per heavy atom. The lowest BCUT2D eigenvalue weighted by molar-refractivity contribution is -0.138. The van der Waals surface area contributed by atoms with Crippen LogP contribution in [0.1, 0.15) is 26.0 Å². The van der Waals surface area contributed by atoms with Crippen LogP contribution in [0.4, 0.5) is 10.1 Å². The van der Waals surface area contributed by atoms with Gasteiger partial charge in [-0.25, -0.2) is 17.8 Å². The van der Waals surface area contributed by atoms with Gasteiger partial charge in [0.25, 0.3) is 21.5 Å². The number of ketones is 1. The second-order valence-corrected chi connectivity index (χ2v) is 11.4. The lowest BCUT2D eigenvalue weighted by atomic mass is 10.0. The van der Waals surface area contributed by atoms with Gasteiger partial charge in [-0.2, -0.15) is 0 Å². The van der Waals surface area contributed by atoms with Crippen molar-refractivity contribution in [2.24, 2.45) is 0 Å². The summed E-state index contributed by atoms with van der Waals surface area (Å²) in [5, 5.41) is 2.52. The maximum atomic E-state index is 13.4. The number of hydrogen-bond acceptors (Lipinski definition) is 7. The minimum absolute atomic E-state index is 0.0275. The molecule has 0 bridgehead atoms. The number of rotatable bonds is 9. The number of Topliss-reactive ketones (excluding diaryl/α,β-unsaturated/α-hetero) is 1. The van der Waals surface area contributed by atoms with Crippen molar-refractivity contribution in [1.29, 1.82) is 0 Å². The van der Waals surface area contributed by atoms with Crippen molar-refractivity contribution >= 4 is 49.9 Å². The van der Waals surface area contributed by atoms with Gasteiger partial charge in [-0.15, -0.1) is 0 Å². The standard InChI is InChI=1S/C27H25ClFN5O5S/c1-15(2)32-26(36)24(35)8-9-34-14-31-22-6-4-17(10-20(22)27(34)37)18-11-23(16(3)30-13-18)33-40(38,39)25-7-5-19(29)12-21(25)28/h4-7,10-15,33H,8-9H2,1-3H3,(H,32,36). The molecule has 0 saturated heterocycles. The number of anilines is 1. The molecule has 1 amide bonds. The first-order valence-electron chi connectivity index (χ1n) is 12.1. The van der Waals surface area contributed by atoms with Crippen LogP contribution in [-0.2, 0) is 26.2 Å². The van der Waals surface area contributed by atoms with Crippen LogP contribution in [0.3, 0.4) is 0 Å². The fraction of sp³-hybridized carbons (Fsp3) is 0.222. The smallest absolute Gasteiger partial charge is 0.287 e. The summed E-state index contributed by atoms with van der Waals surface area (Å²) >= 11 is 5.95. The van der Waals surface area contributed by atoms with Gasteiger partial charge in [0, 0.05) is 30.8 Å². The summed E-state index contributed by atoms with van der Waals surface area (Å²) in [5.41, 5.74) is 1.62. The summed E-state index contributed by atoms with van der Waals surface area (Å²) in [6, 6.07) is 9.28. The Morgan fingerprint density at radius 3 is 2.52 bits per heavy atom. The van der Waals surface area contributed by atoms with Crippen LogP contribution >= 0.6 is 11.6 Å². The number of nitrogens with one attached hydrogen (secondary N) is 2. The molecular weight excluding hydrogens is 561 g/mol. The fourth-order valence-electron chi connectivity index (χ4n) is 3.86. The number of benzene rings is 2. The highest BCUT2D eigenvalue weighted by molar-refractivity contribution is 7.92. The quantitative estimate of drug-likeness (QED) is 0.284. The van der Waals surface area contributed by atoms with Gasteiger partial charge in [-0.05, 0) is 62.7 Å². The topological polar surface area (TPSA) is 140 Å². The first kappa shape index (κ1) is 28.8. The molecule has 0 spiro atoms. The second kappa shape index (κ2) is 11.5. The van der Waals surface area contributed by atoms with Crippen molar-refractivity contribution in [2.75, 3.05) is 4.72 Å². The molecule has 208 valence electrons. The Bertz CT molecular complexity index is 1810. The number of hydrogen-bond donors (Lipinski definition) is 2. The molecule has 2 aromatic heterocycles. The van der Waals surface area contributed by atoms with Crippen molar-refractivity contribution in [3.63, 3.8) is 0 Å². The molecule has 13 heteroatoms. The monoisotopic (exact) mass is 585 g/mol. The maximum absolute atomic E-state index is 13.4. The van der Waals surface area contributed by atoms with Crippen LogP contribution in [0.5, 0.6) is 0 Å². The number of carbonyl (C=O) groups is 2. The molecule has 0 saturated carbocycles. The van der Waals surface area contributed by atoms with E-state index in [0.29, 0.717) is 22.3 Å². The molecule has 4 aromatic rings. The van der Waals surface area contributed by atoms with Gasteiger partial charge < -0.3 is 5.32 Å². The molecular formula is C27H25ClFN5O5S. The SMILES string of the molecule is Cc1ncc(-c2ccc3ncn(CCC(=O)C(=O)NC(C)C)c(=O)c3c2)cc1NS(=O)(=O)c1ccc(F)cc1Cl. The average molecular weight is 586 g/mol. The number of amides is 1. The zero-order valence-corrected chi connectivity index (χ0v) is 23.3. The van der Waals surface area contributed by atoms with Gasteiger partial charge in [0.15, 0.2) is 0 Å². The zero-order valence-electron chi connectivity index (χ0n) is 21.7. The van der Waals surface area contributed by atoms with Crippen molar-refractivity contribution < 1.29 is 22.4 Å². The largest absolute Gasteiger partial charge is 0.347 e. The van der Waals surface area contributed by atoms with Gasteiger partial charge >= 0.3 is 0 Å². The Morgan fingerprint density at radius 1 is 1.07 bits per heavy atom. The van der Waals surface area contributed by atoms with E-state index in [-0.39, 0.29) is 40.0 Å². The predicted molar refractivity (Wildman–Crippen MR) is 149 cm³/mol. The molecule has 0 unspecified atom stereocenters. The molecule has 0 atom stereocenters. The normalized spacial score (nSPS) is 11.6. The Labute approximate surface area is 234 Å². The number of fused-ring (bicyclic) bond motifs is 1. The third-order valence-corrected chi connectivity index (χ3v) is 7.77. The summed E-state index contributed by atoms with van der Waals surface area (Å²) in [6.07, 6.45) is 2.67. The third kappa shape index (κ3) is 6.35. The van der Waals surface area contributed by atoms with E-state index in [9.17, 15) is 27.2 Å². The molecule has 40 heavy (non-hydrogen) atoms. The van der Waals surface area contributed by atoms with Crippen molar-refractivity contribution in [3.05, 3.63) is 81.9 Å². The predicted octanol–water partition coefficient (Wildman–Crippen LogP) is 3.84. The highest BCUT2D eigenvalue weighted by Crippen LogP contribution is 2.29. The molecule has 0 aliphatic rings. The number of nitrogens with zero attached hydrogens (tertiary/aromatic N) is 3. The van der Waals surface area contributed by atoms with Gasteiger partial charge in [-0.1, -0.05) is 17.7 Å². The van der Waals surface area contributed by atoms with E-state index in [1.54, 1.807) is 45.0 Å². The number of pyridine rings is 1. The van der Waals surface area contributed by atoms with Crippen LogP contribution in [0.2, 0.25) is 5.02 Å². The van der Waals surface area contributed by atoms with Crippen molar-refractivity contribution in [3.8, 4) is 11.1 Å². The summed E-state index contributed by atoms with van der Waals surface area (Å²) < 4.78 is 43.0. The summed E-state index contributed by atoms with van der Waals surface area (Å²) in [4.78, 5) is 45.4. The number of aromatic nitrogens is 3. The van der Waals surface area contributed by atoms with Crippen molar-refractivity contribution in [1.82, 2.24) is 19.9 Å². The molecule has 10 nitrogen and oxygen atoms in total. The van der Waals surface area contributed by atoms with Gasteiger partial charge in [0.05, 0.1) is 33.6 Å². The zero-order chi connectivity index (χ0) is 29.2. The highest BCUT2D eigenvalue weighted by Gasteiger charge is 2.20. The molecule has 2 heterocycles. The Kier molecular flexibility index (Phi) is 8.31. The highest BCUT2D eigenvalue weighted by atomic mass is 35.5. The summed E-state index contributed by atoms with van der Waals surface area (Å²) in [5.74, 6) is -2.02. The Hall–Kier alpha value is -4.16. The molecule has 2 aromatic carbocycles.